The maximum Gasteiger partial charge on any atom is 0.305 e. The Labute approximate surface area is 143 Å². The first-order valence-electron chi connectivity index (χ1n) is 7.36. The molecule has 1 aliphatic heterocycles. The summed E-state index contributed by atoms with van der Waals surface area (Å²) < 4.78 is 0.963. The summed E-state index contributed by atoms with van der Waals surface area (Å²) in [5.74, 6) is -1.80. The lowest BCUT2D eigenvalue weighted by Crippen LogP contribution is -2.39. The molecule has 0 aromatic heterocycles. The molecule has 124 valence electrons. The van der Waals surface area contributed by atoms with Gasteiger partial charge in [-0.2, -0.15) is 0 Å². The molecule has 1 heterocycles. The number of halogens is 1. The summed E-state index contributed by atoms with van der Waals surface area (Å²) >= 11 is 3.42. The summed E-state index contributed by atoms with van der Waals surface area (Å²) in [4.78, 5) is 36.6. The van der Waals surface area contributed by atoms with Crippen LogP contribution < -0.4 is 10.2 Å². The third-order valence-corrected chi connectivity index (χ3v) is 4.71. The normalized spacial score (nSPS) is 18.8. The zero-order valence-corrected chi connectivity index (χ0v) is 14.6. The molecule has 0 aliphatic carbocycles. The van der Waals surface area contributed by atoms with Crippen LogP contribution in [0, 0.1) is 12.8 Å². The Balaban J connectivity index is 2.03. The first-order chi connectivity index (χ1) is 10.8. The smallest absolute Gasteiger partial charge is 0.305 e. The molecule has 2 amide bonds. The molecular formula is C16H19BrN2O4. The van der Waals surface area contributed by atoms with E-state index in [4.69, 9.17) is 5.11 Å². The number of nitrogens with zero attached hydrogens (tertiary/aromatic N) is 1. The van der Waals surface area contributed by atoms with Crippen LogP contribution in [0.25, 0.3) is 0 Å². The Morgan fingerprint density at radius 3 is 2.78 bits per heavy atom. The molecular weight excluding hydrogens is 364 g/mol. The molecule has 1 aliphatic rings. The maximum absolute atomic E-state index is 12.2. The Morgan fingerprint density at radius 1 is 1.48 bits per heavy atom. The minimum absolute atomic E-state index is 0.0993. The highest BCUT2D eigenvalue weighted by Crippen LogP contribution is 2.28. The largest absolute Gasteiger partial charge is 0.481 e. The number of carbonyl (C=O) groups is 3. The van der Waals surface area contributed by atoms with E-state index in [2.05, 4.69) is 21.2 Å². The number of rotatable bonds is 5. The summed E-state index contributed by atoms with van der Waals surface area (Å²) in [7, 11) is 0. The zero-order chi connectivity index (χ0) is 17.1. The number of hydrogen-bond donors (Lipinski definition) is 2. The van der Waals surface area contributed by atoms with E-state index in [1.54, 1.807) is 11.8 Å². The Hall–Kier alpha value is -1.89. The second-order valence-electron chi connectivity index (χ2n) is 5.85. The van der Waals surface area contributed by atoms with E-state index in [1.165, 1.54) is 0 Å². The SMILES string of the molecule is Cc1cc(N2CC(C(=O)NC(C)CC(=O)O)CC2=O)ccc1Br. The van der Waals surface area contributed by atoms with Crippen molar-refractivity contribution in [2.45, 2.75) is 32.7 Å². The second-order valence-corrected chi connectivity index (χ2v) is 6.70. The molecule has 2 unspecified atom stereocenters. The Bertz CT molecular complexity index is 647. The molecule has 23 heavy (non-hydrogen) atoms. The van der Waals surface area contributed by atoms with Crippen molar-refractivity contribution >= 4 is 39.4 Å². The van der Waals surface area contributed by atoms with Crippen molar-refractivity contribution in [3.05, 3.63) is 28.2 Å². The molecule has 1 fully saturated rings. The van der Waals surface area contributed by atoms with E-state index < -0.39 is 17.9 Å². The van der Waals surface area contributed by atoms with Crippen LogP contribution in [0.4, 0.5) is 5.69 Å². The van der Waals surface area contributed by atoms with Crippen molar-refractivity contribution in [1.82, 2.24) is 5.32 Å². The summed E-state index contributed by atoms with van der Waals surface area (Å²) in [5, 5.41) is 11.4. The molecule has 0 saturated carbocycles. The molecule has 2 rings (SSSR count). The molecule has 1 aromatic carbocycles. The number of carboxylic acid groups (broad SMARTS) is 1. The van der Waals surface area contributed by atoms with Crippen molar-refractivity contribution in [2.24, 2.45) is 5.92 Å². The fourth-order valence-corrected chi connectivity index (χ4v) is 2.85. The number of anilines is 1. The van der Waals surface area contributed by atoms with Gasteiger partial charge in [-0.05, 0) is 37.6 Å². The number of hydrogen-bond acceptors (Lipinski definition) is 3. The van der Waals surface area contributed by atoms with Crippen LogP contribution in [0.15, 0.2) is 22.7 Å². The molecule has 0 spiro atoms. The van der Waals surface area contributed by atoms with Gasteiger partial charge in [0.05, 0.1) is 12.3 Å². The third kappa shape index (κ3) is 4.31. The number of aliphatic carboxylic acids is 1. The van der Waals surface area contributed by atoms with Crippen LogP contribution >= 0.6 is 15.9 Å². The van der Waals surface area contributed by atoms with Crippen LogP contribution in [-0.2, 0) is 14.4 Å². The molecule has 0 radical (unpaired) electrons. The van der Waals surface area contributed by atoms with E-state index in [9.17, 15) is 14.4 Å². The third-order valence-electron chi connectivity index (χ3n) is 3.82. The van der Waals surface area contributed by atoms with Gasteiger partial charge in [0.25, 0.3) is 0 Å². The predicted octanol–water partition coefficient (Wildman–Crippen LogP) is 2.09. The highest BCUT2D eigenvalue weighted by Gasteiger charge is 2.35. The van der Waals surface area contributed by atoms with Gasteiger partial charge in [0.15, 0.2) is 0 Å². The van der Waals surface area contributed by atoms with Gasteiger partial charge in [0.2, 0.25) is 11.8 Å². The van der Waals surface area contributed by atoms with Gasteiger partial charge < -0.3 is 15.3 Å². The average Bonchev–Trinajstić information content (AvgIpc) is 2.83. The lowest BCUT2D eigenvalue weighted by atomic mass is 10.1. The first-order valence-corrected chi connectivity index (χ1v) is 8.16. The number of aryl methyl sites for hydroxylation is 1. The number of carboxylic acids is 1. The fourth-order valence-electron chi connectivity index (χ4n) is 2.60. The van der Waals surface area contributed by atoms with E-state index >= 15 is 0 Å². The van der Waals surface area contributed by atoms with Gasteiger partial charge >= 0.3 is 5.97 Å². The standard InChI is InChI=1S/C16H19BrN2O4/c1-9-5-12(3-4-13(9)17)19-8-11(7-14(19)20)16(23)18-10(2)6-15(21)22/h3-5,10-11H,6-8H2,1-2H3,(H,18,23)(H,21,22). The summed E-state index contributed by atoms with van der Waals surface area (Å²) in [5.41, 5.74) is 1.78. The highest BCUT2D eigenvalue weighted by atomic mass is 79.9. The van der Waals surface area contributed by atoms with Gasteiger partial charge in [0, 0.05) is 29.2 Å². The molecule has 6 nitrogen and oxygen atoms in total. The number of nitrogens with one attached hydrogen (secondary N) is 1. The topological polar surface area (TPSA) is 86.7 Å². The van der Waals surface area contributed by atoms with Gasteiger partial charge in [-0.3, -0.25) is 14.4 Å². The Kier molecular flexibility index (Phi) is 5.41. The predicted molar refractivity (Wildman–Crippen MR) is 89.2 cm³/mol. The summed E-state index contributed by atoms with van der Waals surface area (Å²) in [6.07, 6.45) is 0.00274. The molecule has 0 bridgehead atoms. The van der Waals surface area contributed by atoms with Crippen molar-refractivity contribution < 1.29 is 19.5 Å². The van der Waals surface area contributed by atoms with Crippen molar-refractivity contribution in [1.29, 1.82) is 0 Å². The van der Waals surface area contributed by atoms with Gasteiger partial charge in [-0.1, -0.05) is 15.9 Å². The van der Waals surface area contributed by atoms with Crippen LogP contribution in [-0.4, -0.2) is 35.5 Å². The van der Waals surface area contributed by atoms with Gasteiger partial charge in [0.1, 0.15) is 0 Å². The maximum atomic E-state index is 12.2. The van der Waals surface area contributed by atoms with Crippen LogP contribution in [0.2, 0.25) is 0 Å². The second kappa shape index (κ2) is 7.12. The lowest BCUT2D eigenvalue weighted by Gasteiger charge is -2.18. The summed E-state index contributed by atoms with van der Waals surface area (Å²) in [6.45, 7) is 3.88. The van der Waals surface area contributed by atoms with E-state index in [0.29, 0.717) is 6.54 Å². The number of carbonyl (C=O) groups excluding carboxylic acids is 2. The number of benzene rings is 1. The fraction of sp³-hybridized carbons (Fsp3) is 0.438. The summed E-state index contributed by atoms with van der Waals surface area (Å²) in [6, 6.07) is 5.15. The monoisotopic (exact) mass is 382 g/mol. The van der Waals surface area contributed by atoms with Gasteiger partial charge in [-0.15, -0.1) is 0 Å². The van der Waals surface area contributed by atoms with Crippen LogP contribution in [0.3, 0.4) is 0 Å². The van der Waals surface area contributed by atoms with Crippen molar-refractivity contribution in [2.75, 3.05) is 11.4 Å². The average molecular weight is 383 g/mol. The molecule has 1 aromatic rings. The van der Waals surface area contributed by atoms with Crippen molar-refractivity contribution in [3.63, 3.8) is 0 Å². The number of amides is 2. The van der Waals surface area contributed by atoms with Crippen LogP contribution in [0.1, 0.15) is 25.3 Å². The van der Waals surface area contributed by atoms with Crippen LogP contribution in [0.5, 0.6) is 0 Å². The quantitative estimate of drug-likeness (QED) is 0.815. The minimum Gasteiger partial charge on any atom is -0.481 e. The Morgan fingerprint density at radius 2 is 2.17 bits per heavy atom. The molecule has 2 atom stereocenters. The molecule has 7 heteroatoms. The highest BCUT2D eigenvalue weighted by molar-refractivity contribution is 9.10. The lowest BCUT2D eigenvalue weighted by molar-refractivity contribution is -0.137. The van der Waals surface area contributed by atoms with E-state index in [0.717, 1.165) is 15.7 Å². The van der Waals surface area contributed by atoms with E-state index in [-0.39, 0.29) is 24.7 Å². The minimum atomic E-state index is -0.965. The first kappa shape index (κ1) is 17.5. The molecule has 2 N–H and O–H groups in total. The molecule has 1 saturated heterocycles. The van der Waals surface area contributed by atoms with Gasteiger partial charge in [-0.25, -0.2) is 0 Å². The van der Waals surface area contributed by atoms with E-state index in [1.807, 2.05) is 25.1 Å². The van der Waals surface area contributed by atoms with Crippen molar-refractivity contribution in [3.8, 4) is 0 Å². The zero-order valence-electron chi connectivity index (χ0n) is 13.0.